The van der Waals surface area contributed by atoms with Crippen LogP contribution in [0.4, 0.5) is 8.78 Å². The maximum atomic E-state index is 12.0. The monoisotopic (exact) mass is 272 g/mol. The molecule has 0 saturated carbocycles. The van der Waals surface area contributed by atoms with Gasteiger partial charge in [0.25, 0.3) is 0 Å². The average molecular weight is 272 g/mol. The van der Waals surface area contributed by atoms with E-state index in [4.69, 9.17) is 0 Å². The number of halogens is 2. The molecule has 0 bridgehead atoms. The number of rotatable bonds is 8. The van der Waals surface area contributed by atoms with Gasteiger partial charge in [0.2, 0.25) is 0 Å². The minimum Gasteiger partial charge on any atom is -0.435 e. The van der Waals surface area contributed by atoms with Gasteiger partial charge in [0.1, 0.15) is 5.75 Å². The summed E-state index contributed by atoms with van der Waals surface area (Å²) in [4.78, 5) is 2.14. The highest BCUT2D eigenvalue weighted by molar-refractivity contribution is 5.28. The normalized spacial score (nSPS) is 13.0. The Morgan fingerprint density at radius 2 is 1.84 bits per heavy atom. The Morgan fingerprint density at radius 1 is 1.21 bits per heavy atom. The second kappa shape index (κ2) is 8.07. The number of nitrogens with zero attached hydrogens (tertiary/aromatic N) is 1. The standard InChI is InChI=1S/C14H22F2N2O/c1-11(17-9-4-10-18(2)3)12-5-7-13(8-6-12)19-14(15)16/h5-8,11,14,17H,4,9-10H2,1-3H3. The number of ether oxygens (including phenoxy) is 1. The topological polar surface area (TPSA) is 24.5 Å². The van der Waals surface area contributed by atoms with Gasteiger partial charge < -0.3 is 15.0 Å². The molecule has 19 heavy (non-hydrogen) atoms. The number of nitrogens with one attached hydrogen (secondary N) is 1. The Hall–Kier alpha value is -1.20. The molecule has 0 radical (unpaired) electrons. The molecule has 0 heterocycles. The second-order valence-corrected chi connectivity index (χ2v) is 4.78. The number of benzene rings is 1. The summed E-state index contributed by atoms with van der Waals surface area (Å²) in [6.07, 6.45) is 1.07. The van der Waals surface area contributed by atoms with Crippen molar-refractivity contribution in [1.82, 2.24) is 10.2 Å². The van der Waals surface area contributed by atoms with E-state index in [0.717, 1.165) is 25.1 Å². The van der Waals surface area contributed by atoms with Crippen LogP contribution in [0.2, 0.25) is 0 Å². The third-order valence-corrected chi connectivity index (χ3v) is 2.84. The van der Waals surface area contributed by atoms with Crippen LogP contribution >= 0.6 is 0 Å². The number of hydrogen-bond acceptors (Lipinski definition) is 3. The molecule has 1 rings (SSSR count). The fourth-order valence-corrected chi connectivity index (χ4v) is 1.77. The first-order valence-electron chi connectivity index (χ1n) is 6.42. The molecule has 5 heteroatoms. The van der Waals surface area contributed by atoms with E-state index in [1.54, 1.807) is 24.3 Å². The molecule has 0 aromatic heterocycles. The van der Waals surface area contributed by atoms with Crippen molar-refractivity contribution in [3.63, 3.8) is 0 Å². The van der Waals surface area contributed by atoms with Gasteiger partial charge >= 0.3 is 6.61 Å². The molecule has 1 atom stereocenters. The van der Waals surface area contributed by atoms with Crippen LogP contribution in [0.5, 0.6) is 5.75 Å². The molecular weight excluding hydrogens is 250 g/mol. The molecule has 0 aliphatic carbocycles. The van der Waals surface area contributed by atoms with Crippen LogP contribution in [-0.2, 0) is 0 Å². The molecule has 1 aromatic carbocycles. The lowest BCUT2D eigenvalue weighted by molar-refractivity contribution is -0.0498. The van der Waals surface area contributed by atoms with Crippen LogP contribution in [0.3, 0.4) is 0 Å². The third-order valence-electron chi connectivity index (χ3n) is 2.84. The van der Waals surface area contributed by atoms with E-state index in [2.05, 4.69) is 21.9 Å². The van der Waals surface area contributed by atoms with Gasteiger partial charge in [-0.05, 0) is 58.2 Å². The van der Waals surface area contributed by atoms with Crippen LogP contribution in [0.15, 0.2) is 24.3 Å². The fourth-order valence-electron chi connectivity index (χ4n) is 1.77. The summed E-state index contributed by atoms with van der Waals surface area (Å²) in [7, 11) is 4.09. The Labute approximate surface area is 113 Å². The Morgan fingerprint density at radius 3 is 2.37 bits per heavy atom. The van der Waals surface area contributed by atoms with Gasteiger partial charge in [-0.2, -0.15) is 8.78 Å². The molecule has 0 aliphatic heterocycles. The van der Waals surface area contributed by atoms with E-state index in [-0.39, 0.29) is 11.8 Å². The second-order valence-electron chi connectivity index (χ2n) is 4.78. The van der Waals surface area contributed by atoms with E-state index in [1.807, 2.05) is 14.1 Å². The highest BCUT2D eigenvalue weighted by atomic mass is 19.3. The SMILES string of the molecule is CC(NCCCN(C)C)c1ccc(OC(F)F)cc1. The van der Waals surface area contributed by atoms with Crippen LogP contribution < -0.4 is 10.1 Å². The zero-order valence-corrected chi connectivity index (χ0v) is 11.7. The highest BCUT2D eigenvalue weighted by Crippen LogP contribution is 2.18. The lowest BCUT2D eigenvalue weighted by Gasteiger charge is -2.16. The molecule has 0 spiro atoms. The smallest absolute Gasteiger partial charge is 0.387 e. The lowest BCUT2D eigenvalue weighted by atomic mass is 10.1. The molecule has 1 unspecified atom stereocenters. The number of alkyl halides is 2. The third kappa shape index (κ3) is 6.50. The Bertz CT molecular complexity index is 355. The summed E-state index contributed by atoms with van der Waals surface area (Å²) in [5.74, 6) is 0.193. The van der Waals surface area contributed by atoms with Crippen LogP contribution in [0, 0.1) is 0 Å². The van der Waals surface area contributed by atoms with Gasteiger partial charge in [0, 0.05) is 6.04 Å². The molecule has 1 N–H and O–H groups in total. The van der Waals surface area contributed by atoms with Crippen molar-refractivity contribution < 1.29 is 13.5 Å². The molecule has 0 amide bonds. The van der Waals surface area contributed by atoms with Crippen molar-refractivity contribution >= 4 is 0 Å². The average Bonchev–Trinajstić information content (AvgIpc) is 2.34. The van der Waals surface area contributed by atoms with Crippen LogP contribution in [-0.4, -0.2) is 38.7 Å². The van der Waals surface area contributed by atoms with Crippen molar-refractivity contribution in [2.45, 2.75) is 26.0 Å². The summed E-state index contributed by atoms with van der Waals surface area (Å²) in [6.45, 7) is 1.25. The summed E-state index contributed by atoms with van der Waals surface area (Å²) >= 11 is 0. The first-order chi connectivity index (χ1) is 8.99. The molecule has 1 aromatic rings. The summed E-state index contributed by atoms with van der Waals surface area (Å²) < 4.78 is 28.3. The molecular formula is C14H22F2N2O. The van der Waals surface area contributed by atoms with Gasteiger partial charge in [-0.15, -0.1) is 0 Å². The minimum absolute atomic E-state index is 0.193. The van der Waals surface area contributed by atoms with Crippen molar-refractivity contribution in [3.8, 4) is 5.75 Å². The van der Waals surface area contributed by atoms with E-state index >= 15 is 0 Å². The van der Waals surface area contributed by atoms with Crippen molar-refractivity contribution in [2.75, 3.05) is 27.2 Å². The van der Waals surface area contributed by atoms with Gasteiger partial charge in [-0.25, -0.2) is 0 Å². The first-order valence-corrected chi connectivity index (χ1v) is 6.42. The first kappa shape index (κ1) is 15.9. The maximum absolute atomic E-state index is 12.0. The number of hydrogen-bond donors (Lipinski definition) is 1. The predicted octanol–water partition coefficient (Wildman–Crippen LogP) is 2.89. The van der Waals surface area contributed by atoms with Gasteiger partial charge in [0.15, 0.2) is 0 Å². The minimum atomic E-state index is -2.77. The van der Waals surface area contributed by atoms with Gasteiger partial charge in [-0.1, -0.05) is 12.1 Å². The van der Waals surface area contributed by atoms with Crippen molar-refractivity contribution in [1.29, 1.82) is 0 Å². The van der Waals surface area contributed by atoms with E-state index in [9.17, 15) is 8.78 Å². The molecule has 0 saturated heterocycles. The summed E-state index contributed by atoms with van der Waals surface area (Å²) in [5, 5.41) is 3.40. The lowest BCUT2D eigenvalue weighted by Crippen LogP contribution is -2.23. The van der Waals surface area contributed by atoms with E-state index in [0.29, 0.717) is 0 Å². The predicted molar refractivity (Wildman–Crippen MR) is 72.7 cm³/mol. The highest BCUT2D eigenvalue weighted by Gasteiger charge is 2.07. The quantitative estimate of drug-likeness (QED) is 0.736. The maximum Gasteiger partial charge on any atom is 0.387 e. The molecule has 3 nitrogen and oxygen atoms in total. The Balaban J connectivity index is 2.37. The molecule has 0 aliphatic rings. The van der Waals surface area contributed by atoms with E-state index in [1.165, 1.54) is 0 Å². The largest absolute Gasteiger partial charge is 0.435 e. The van der Waals surface area contributed by atoms with Gasteiger partial charge in [-0.3, -0.25) is 0 Å². The fraction of sp³-hybridized carbons (Fsp3) is 0.571. The van der Waals surface area contributed by atoms with Gasteiger partial charge in [0.05, 0.1) is 0 Å². The van der Waals surface area contributed by atoms with Crippen molar-refractivity contribution in [3.05, 3.63) is 29.8 Å². The van der Waals surface area contributed by atoms with Crippen molar-refractivity contribution in [2.24, 2.45) is 0 Å². The molecule has 108 valence electrons. The Kier molecular flexibility index (Phi) is 6.73. The van der Waals surface area contributed by atoms with Crippen LogP contribution in [0.1, 0.15) is 24.9 Å². The van der Waals surface area contributed by atoms with E-state index < -0.39 is 6.61 Å². The molecule has 0 fully saturated rings. The van der Waals surface area contributed by atoms with Crippen LogP contribution in [0.25, 0.3) is 0 Å². The summed E-state index contributed by atoms with van der Waals surface area (Å²) in [5.41, 5.74) is 1.06. The summed E-state index contributed by atoms with van der Waals surface area (Å²) in [6, 6.07) is 6.95. The zero-order valence-electron chi connectivity index (χ0n) is 11.7. The zero-order chi connectivity index (χ0) is 14.3.